The van der Waals surface area contributed by atoms with Crippen molar-refractivity contribution in [2.45, 2.75) is 18.2 Å². The molecule has 1 rings (SSSR count). The van der Waals surface area contributed by atoms with E-state index < -0.39 is 0 Å². The lowest BCUT2D eigenvalue weighted by molar-refractivity contribution is 0.0954. The van der Waals surface area contributed by atoms with Gasteiger partial charge in [-0.2, -0.15) is 5.26 Å². The van der Waals surface area contributed by atoms with E-state index in [-0.39, 0.29) is 10.7 Å². The van der Waals surface area contributed by atoms with Crippen LogP contribution in [-0.2, 0) is 0 Å². The number of alkyl halides is 1. The molecule has 16 heavy (non-hydrogen) atoms. The minimum Gasteiger partial charge on any atom is -0.351 e. The van der Waals surface area contributed by atoms with E-state index in [0.29, 0.717) is 17.7 Å². The highest BCUT2D eigenvalue weighted by molar-refractivity contribution is 9.09. The van der Waals surface area contributed by atoms with E-state index in [9.17, 15) is 4.79 Å². The van der Waals surface area contributed by atoms with Crippen LogP contribution < -0.4 is 5.32 Å². The molecule has 1 N–H and O–H groups in total. The molecule has 1 atom stereocenters. The molecule has 84 valence electrons. The lowest BCUT2D eigenvalue weighted by Gasteiger charge is -2.08. The molecule has 0 fully saturated rings. The summed E-state index contributed by atoms with van der Waals surface area (Å²) in [5.74, 6) is -0.144. The van der Waals surface area contributed by atoms with Gasteiger partial charge < -0.3 is 5.32 Å². The zero-order valence-electron chi connectivity index (χ0n) is 9.03. The Labute approximate surface area is 104 Å². The number of benzene rings is 1. The maximum atomic E-state index is 11.7. The summed E-state index contributed by atoms with van der Waals surface area (Å²) in [6.07, 6.45) is 0.957. The number of amides is 1. The van der Waals surface area contributed by atoms with E-state index in [2.05, 4.69) is 21.2 Å². The Morgan fingerprint density at radius 1 is 1.62 bits per heavy atom. The summed E-state index contributed by atoms with van der Waals surface area (Å²) in [5.41, 5.74) is 1.02. The number of nitrogens with one attached hydrogen (secondary N) is 1. The Kier molecular flexibility index (Phi) is 5.00. The molecular weight excluding hydrogens is 268 g/mol. The molecule has 1 amide bonds. The maximum absolute atomic E-state index is 11.7. The van der Waals surface area contributed by atoms with E-state index in [4.69, 9.17) is 5.26 Å². The van der Waals surface area contributed by atoms with Crippen molar-refractivity contribution in [3.05, 3.63) is 35.4 Å². The second-order valence-corrected chi connectivity index (χ2v) is 4.70. The Morgan fingerprint density at radius 2 is 2.38 bits per heavy atom. The van der Waals surface area contributed by atoms with E-state index in [1.54, 1.807) is 24.3 Å². The van der Waals surface area contributed by atoms with Crippen LogP contribution in [0.15, 0.2) is 24.3 Å². The zero-order valence-corrected chi connectivity index (χ0v) is 10.6. The second kappa shape index (κ2) is 6.29. The lowest BCUT2D eigenvalue weighted by atomic mass is 10.1. The largest absolute Gasteiger partial charge is 0.351 e. The summed E-state index contributed by atoms with van der Waals surface area (Å²) in [6.45, 7) is 2.63. The minimum absolute atomic E-state index is 0.144. The number of rotatable bonds is 4. The van der Waals surface area contributed by atoms with Crippen LogP contribution in [0.1, 0.15) is 29.3 Å². The first kappa shape index (κ1) is 12.7. The molecule has 1 aromatic carbocycles. The van der Waals surface area contributed by atoms with Crippen molar-refractivity contribution in [1.29, 1.82) is 5.26 Å². The summed E-state index contributed by atoms with van der Waals surface area (Å²) in [6, 6.07) is 8.68. The molecule has 0 aliphatic rings. The molecule has 0 aliphatic carbocycles. The first-order valence-electron chi connectivity index (χ1n) is 5.09. The van der Waals surface area contributed by atoms with Crippen molar-refractivity contribution < 1.29 is 4.79 Å². The molecule has 4 heteroatoms. The van der Waals surface area contributed by atoms with Gasteiger partial charge in [0.05, 0.1) is 11.6 Å². The minimum atomic E-state index is -0.144. The summed E-state index contributed by atoms with van der Waals surface area (Å²) in [4.78, 5) is 12.0. The molecule has 0 radical (unpaired) electrons. The number of hydrogen-bond donors (Lipinski definition) is 1. The second-order valence-electron chi connectivity index (χ2n) is 3.41. The number of carbonyl (C=O) groups is 1. The van der Waals surface area contributed by atoms with Crippen LogP contribution in [0.3, 0.4) is 0 Å². The van der Waals surface area contributed by atoms with Gasteiger partial charge in [-0.1, -0.05) is 28.9 Å². The quantitative estimate of drug-likeness (QED) is 0.862. The number of nitrogens with zero attached hydrogens (tertiary/aromatic N) is 1. The van der Waals surface area contributed by atoms with Crippen molar-refractivity contribution in [2.24, 2.45) is 0 Å². The van der Waals surface area contributed by atoms with Crippen LogP contribution in [0, 0.1) is 11.3 Å². The van der Waals surface area contributed by atoms with Gasteiger partial charge >= 0.3 is 0 Å². The van der Waals surface area contributed by atoms with Crippen molar-refractivity contribution >= 4 is 21.8 Å². The lowest BCUT2D eigenvalue weighted by Crippen LogP contribution is -2.29. The van der Waals surface area contributed by atoms with Gasteiger partial charge in [-0.3, -0.25) is 4.79 Å². The number of carbonyl (C=O) groups excluding carboxylic acids is 1. The molecule has 0 aliphatic heterocycles. The van der Waals surface area contributed by atoms with Crippen LogP contribution in [0.2, 0.25) is 0 Å². The summed E-state index contributed by atoms with van der Waals surface area (Å²) >= 11 is 3.44. The van der Waals surface area contributed by atoms with Gasteiger partial charge in [0.2, 0.25) is 0 Å². The smallest absolute Gasteiger partial charge is 0.251 e. The fourth-order valence-corrected chi connectivity index (χ4v) is 1.34. The van der Waals surface area contributed by atoms with Gasteiger partial charge in [-0.15, -0.1) is 0 Å². The molecule has 3 nitrogen and oxygen atoms in total. The van der Waals surface area contributed by atoms with Crippen LogP contribution in [0.4, 0.5) is 0 Å². The summed E-state index contributed by atoms with van der Waals surface area (Å²) < 4.78 is 0. The molecule has 1 unspecified atom stereocenters. The third-order valence-electron chi connectivity index (χ3n) is 2.18. The third kappa shape index (κ3) is 3.67. The topological polar surface area (TPSA) is 52.9 Å². The Balaban J connectivity index is 2.63. The van der Waals surface area contributed by atoms with Crippen molar-refractivity contribution in [1.82, 2.24) is 5.32 Å². The monoisotopic (exact) mass is 280 g/mol. The molecule has 0 heterocycles. The highest BCUT2D eigenvalue weighted by Crippen LogP contribution is 2.05. The molecule has 0 bridgehead atoms. The first-order valence-corrected chi connectivity index (χ1v) is 6.01. The number of halogens is 1. The fraction of sp³-hybridized carbons (Fsp3) is 0.333. The van der Waals surface area contributed by atoms with Crippen LogP contribution in [0.5, 0.6) is 0 Å². The van der Waals surface area contributed by atoms with Crippen molar-refractivity contribution in [3.8, 4) is 6.07 Å². The van der Waals surface area contributed by atoms with Crippen LogP contribution in [-0.4, -0.2) is 17.3 Å². The first-order chi connectivity index (χ1) is 7.67. The predicted molar refractivity (Wildman–Crippen MR) is 66.5 cm³/mol. The molecule has 0 spiro atoms. The Morgan fingerprint density at radius 3 is 3.00 bits per heavy atom. The summed E-state index contributed by atoms with van der Waals surface area (Å²) in [5, 5.41) is 11.5. The van der Waals surface area contributed by atoms with E-state index >= 15 is 0 Å². The maximum Gasteiger partial charge on any atom is 0.251 e. The average molecular weight is 281 g/mol. The van der Waals surface area contributed by atoms with E-state index in [0.717, 1.165) is 6.42 Å². The molecule has 0 aromatic heterocycles. The summed E-state index contributed by atoms with van der Waals surface area (Å²) in [7, 11) is 0. The van der Waals surface area contributed by atoms with Crippen LogP contribution >= 0.6 is 15.9 Å². The number of hydrogen-bond acceptors (Lipinski definition) is 2. The third-order valence-corrected chi connectivity index (χ3v) is 3.15. The van der Waals surface area contributed by atoms with Gasteiger partial charge in [-0.25, -0.2) is 0 Å². The van der Waals surface area contributed by atoms with E-state index in [1.807, 2.05) is 13.0 Å². The van der Waals surface area contributed by atoms with E-state index in [1.165, 1.54) is 0 Å². The van der Waals surface area contributed by atoms with Crippen molar-refractivity contribution in [3.63, 3.8) is 0 Å². The van der Waals surface area contributed by atoms with Gasteiger partial charge in [0.1, 0.15) is 0 Å². The zero-order chi connectivity index (χ0) is 12.0. The predicted octanol–water partition coefficient (Wildman–Crippen LogP) is 2.46. The van der Waals surface area contributed by atoms with Crippen LogP contribution in [0.25, 0.3) is 0 Å². The Hall–Kier alpha value is -1.34. The normalized spacial score (nSPS) is 11.6. The average Bonchev–Trinajstić information content (AvgIpc) is 2.35. The highest BCUT2D eigenvalue weighted by Gasteiger charge is 2.07. The van der Waals surface area contributed by atoms with Gasteiger partial charge in [0.25, 0.3) is 5.91 Å². The Bertz CT molecular complexity index is 412. The van der Waals surface area contributed by atoms with Gasteiger partial charge in [-0.05, 0) is 24.6 Å². The molecule has 1 aromatic rings. The molecule has 0 saturated carbocycles. The number of nitriles is 1. The standard InChI is InChI=1S/C12H13BrN2O/c1-2-11(13)8-15-12(16)10-5-3-4-9(6-10)7-14/h3-6,11H,2,8H2,1H3,(H,15,16). The SMILES string of the molecule is CCC(Br)CNC(=O)c1cccc(C#N)c1. The molecule has 0 saturated heterocycles. The highest BCUT2D eigenvalue weighted by atomic mass is 79.9. The van der Waals surface area contributed by atoms with Crippen molar-refractivity contribution in [2.75, 3.05) is 6.54 Å². The van der Waals surface area contributed by atoms with Gasteiger partial charge in [0.15, 0.2) is 0 Å². The van der Waals surface area contributed by atoms with Gasteiger partial charge in [0, 0.05) is 16.9 Å². The fourth-order valence-electron chi connectivity index (χ4n) is 1.18. The molecular formula is C12H13BrN2O.